The van der Waals surface area contributed by atoms with Crippen molar-refractivity contribution in [2.75, 3.05) is 13.2 Å². The summed E-state index contributed by atoms with van der Waals surface area (Å²) >= 11 is 0. The number of hydrogen-bond donors (Lipinski definition) is 0. The van der Waals surface area contributed by atoms with Crippen molar-refractivity contribution in [3.8, 4) is 0 Å². The van der Waals surface area contributed by atoms with Gasteiger partial charge in [0.15, 0.2) is 0 Å². The van der Waals surface area contributed by atoms with Crippen LogP contribution in [0.15, 0.2) is 12.7 Å². The molecule has 122 valence electrons. The van der Waals surface area contributed by atoms with Crippen LogP contribution in [0.4, 0.5) is 13.6 Å². The fourth-order valence-electron chi connectivity index (χ4n) is 1.68. The van der Waals surface area contributed by atoms with Crippen LogP contribution in [-0.4, -0.2) is 48.2 Å². The van der Waals surface area contributed by atoms with Crippen molar-refractivity contribution in [2.24, 2.45) is 0 Å². The molecule has 1 amide bonds. The Kier molecular flexibility index (Phi) is 7.32. The third-order valence-electron chi connectivity index (χ3n) is 2.44. The first-order valence-electron chi connectivity index (χ1n) is 6.56. The van der Waals surface area contributed by atoms with E-state index in [1.807, 2.05) is 0 Å². The quantitative estimate of drug-likeness (QED) is 0.457. The van der Waals surface area contributed by atoms with Gasteiger partial charge in [-0.15, -0.1) is 0 Å². The molecule has 21 heavy (non-hydrogen) atoms. The Hall–Kier alpha value is -1.66. The normalized spacial score (nSPS) is 20.1. The first-order valence-corrected chi connectivity index (χ1v) is 6.56. The molecule has 1 atom stereocenters. The maximum absolute atomic E-state index is 13.0. The van der Waals surface area contributed by atoms with E-state index in [9.17, 15) is 18.4 Å². The molecule has 0 aromatic carbocycles. The number of alkyl halides is 2. The van der Waals surface area contributed by atoms with Crippen molar-refractivity contribution in [1.82, 2.24) is 4.90 Å². The topological polar surface area (TPSA) is 55.8 Å². The second kappa shape index (κ2) is 7.95. The standard InChI is InChI=1S/C10H17F2NO2.C4H6O2/c1-7-5-10(11,12)6-13(7)8(14)15-9(2,3)4;1-2-3-6-4-5/h7H,5-6H2,1-4H3;2,4H,1,3H2. The van der Waals surface area contributed by atoms with E-state index in [2.05, 4.69) is 11.3 Å². The van der Waals surface area contributed by atoms with Crippen molar-refractivity contribution in [2.45, 2.75) is 51.7 Å². The van der Waals surface area contributed by atoms with E-state index < -0.39 is 30.2 Å². The zero-order valence-corrected chi connectivity index (χ0v) is 12.9. The van der Waals surface area contributed by atoms with Crippen LogP contribution in [0.1, 0.15) is 34.1 Å². The molecule has 0 saturated carbocycles. The van der Waals surface area contributed by atoms with Crippen LogP contribution in [0.2, 0.25) is 0 Å². The molecular weight excluding hydrogens is 284 g/mol. The van der Waals surface area contributed by atoms with E-state index >= 15 is 0 Å². The zero-order valence-electron chi connectivity index (χ0n) is 12.9. The highest BCUT2D eigenvalue weighted by atomic mass is 19.3. The summed E-state index contributed by atoms with van der Waals surface area (Å²) in [6, 6.07) is -0.463. The van der Waals surface area contributed by atoms with E-state index in [1.54, 1.807) is 27.7 Å². The molecule has 1 saturated heterocycles. The van der Waals surface area contributed by atoms with Gasteiger partial charge in [-0.05, 0) is 27.7 Å². The van der Waals surface area contributed by atoms with Crippen LogP contribution < -0.4 is 0 Å². The minimum atomic E-state index is -2.78. The summed E-state index contributed by atoms with van der Waals surface area (Å²) in [4.78, 5) is 21.9. The Bertz CT molecular complexity index is 358. The molecule has 0 aliphatic carbocycles. The lowest BCUT2D eigenvalue weighted by molar-refractivity contribution is -0.127. The van der Waals surface area contributed by atoms with Gasteiger partial charge in [0.05, 0.1) is 6.54 Å². The maximum atomic E-state index is 13.0. The average molecular weight is 307 g/mol. The van der Waals surface area contributed by atoms with Crippen molar-refractivity contribution >= 4 is 12.6 Å². The van der Waals surface area contributed by atoms with Gasteiger partial charge in [-0.25, -0.2) is 13.6 Å². The molecule has 1 aliphatic heterocycles. The van der Waals surface area contributed by atoms with Gasteiger partial charge in [-0.2, -0.15) is 0 Å². The van der Waals surface area contributed by atoms with Gasteiger partial charge >= 0.3 is 6.09 Å². The molecule has 1 heterocycles. The van der Waals surface area contributed by atoms with Gasteiger partial charge < -0.3 is 9.47 Å². The maximum Gasteiger partial charge on any atom is 0.410 e. The largest absolute Gasteiger partial charge is 0.464 e. The van der Waals surface area contributed by atoms with Crippen LogP contribution in [-0.2, 0) is 14.3 Å². The van der Waals surface area contributed by atoms with E-state index in [1.165, 1.54) is 6.08 Å². The molecule has 1 unspecified atom stereocenters. The molecule has 1 fully saturated rings. The molecule has 5 nitrogen and oxygen atoms in total. The van der Waals surface area contributed by atoms with Crippen LogP contribution in [0.5, 0.6) is 0 Å². The molecule has 1 aliphatic rings. The summed E-state index contributed by atoms with van der Waals surface area (Å²) in [6.45, 7) is 10.2. The minimum Gasteiger partial charge on any atom is -0.464 e. The molecule has 1 rings (SSSR count). The fraction of sp³-hybridized carbons (Fsp3) is 0.714. The van der Waals surface area contributed by atoms with Gasteiger partial charge in [0.25, 0.3) is 12.4 Å². The van der Waals surface area contributed by atoms with Gasteiger partial charge in [0, 0.05) is 12.5 Å². The number of rotatable bonds is 3. The number of nitrogens with zero attached hydrogens (tertiary/aromatic N) is 1. The molecule has 0 aromatic rings. The Morgan fingerprint density at radius 1 is 1.48 bits per heavy atom. The monoisotopic (exact) mass is 307 g/mol. The highest BCUT2D eigenvalue weighted by molar-refractivity contribution is 5.69. The van der Waals surface area contributed by atoms with E-state index in [0.29, 0.717) is 13.1 Å². The summed E-state index contributed by atoms with van der Waals surface area (Å²) in [5.41, 5.74) is -0.644. The van der Waals surface area contributed by atoms with Crippen LogP contribution in [0.3, 0.4) is 0 Å². The number of carbonyl (C=O) groups excluding carboxylic acids is 2. The Labute approximate surface area is 123 Å². The second-order valence-electron chi connectivity index (χ2n) is 5.74. The lowest BCUT2D eigenvalue weighted by Gasteiger charge is -2.26. The van der Waals surface area contributed by atoms with E-state index in [4.69, 9.17) is 4.74 Å². The summed E-state index contributed by atoms with van der Waals surface area (Å²) in [7, 11) is 0. The molecule has 0 bridgehead atoms. The SMILES string of the molecule is C=CCOC=O.CC1CC(F)(F)CN1C(=O)OC(C)(C)C. The number of ether oxygens (including phenoxy) is 2. The van der Waals surface area contributed by atoms with Crippen LogP contribution in [0.25, 0.3) is 0 Å². The summed E-state index contributed by atoms with van der Waals surface area (Å²) in [6.07, 6.45) is 0.563. The Morgan fingerprint density at radius 2 is 2.05 bits per heavy atom. The fourth-order valence-corrected chi connectivity index (χ4v) is 1.68. The predicted octanol–water partition coefficient (Wildman–Crippen LogP) is 3.00. The lowest BCUT2D eigenvalue weighted by Crippen LogP contribution is -2.39. The summed E-state index contributed by atoms with van der Waals surface area (Å²) in [5.74, 6) is -2.78. The Balaban J connectivity index is 0.000000567. The number of hydrogen-bond acceptors (Lipinski definition) is 4. The minimum absolute atomic E-state index is 0.285. The van der Waals surface area contributed by atoms with Crippen molar-refractivity contribution < 1.29 is 27.8 Å². The van der Waals surface area contributed by atoms with E-state index in [0.717, 1.165) is 4.90 Å². The van der Waals surface area contributed by atoms with Crippen LogP contribution >= 0.6 is 0 Å². The van der Waals surface area contributed by atoms with Crippen molar-refractivity contribution in [3.05, 3.63) is 12.7 Å². The zero-order chi connectivity index (χ0) is 16.7. The van der Waals surface area contributed by atoms with Gasteiger partial charge in [0.1, 0.15) is 12.2 Å². The van der Waals surface area contributed by atoms with Gasteiger partial charge in [-0.1, -0.05) is 12.7 Å². The third-order valence-corrected chi connectivity index (χ3v) is 2.44. The number of carbonyl (C=O) groups is 2. The first kappa shape index (κ1) is 19.3. The highest BCUT2D eigenvalue weighted by Crippen LogP contribution is 2.32. The lowest BCUT2D eigenvalue weighted by atomic mass is 10.2. The predicted molar refractivity (Wildman–Crippen MR) is 74.2 cm³/mol. The molecule has 7 heteroatoms. The summed E-state index contributed by atoms with van der Waals surface area (Å²) in [5, 5.41) is 0. The van der Waals surface area contributed by atoms with Gasteiger partial charge in [-0.3, -0.25) is 9.69 Å². The Morgan fingerprint density at radius 3 is 2.33 bits per heavy atom. The van der Waals surface area contributed by atoms with Gasteiger partial charge in [0.2, 0.25) is 0 Å². The average Bonchev–Trinajstić information content (AvgIpc) is 2.59. The smallest absolute Gasteiger partial charge is 0.410 e. The molecular formula is C14H23F2NO4. The second-order valence-corrected chi connectivity index (χ2v) is 5.74. The molecule has 0 spiro atoms. The number of amides is 1. The number of likely N-dealkylation sites (tertiary alicyclic amines) is 1. The third kappa shape index (κ3) is 8.27. The molecule has 0 aromatic heterocycles. The van der Waals surface area contributed by atoms with Crippen molar-refractivity contribution in [3.63, 3.8) is 0 Å². The molecule has 0 radical (unpaired) electrons. The summed E-state index contributed by atoms with van der Waals surface area (Å²) < 4.78 is 35.2. The highest BCUT2D eigenvalue weighted by Gasteiger charge is 2.46. The van der Waals surface area contributed by atoms with Crippen molar-refractivity contribution in [1.29, 1.82) is 0 Å². The first-order chi connectivity index (χ1) is 9.52. The van der Waals surface area contributed by atoms with Crippen LogP contribution in [0, 0.1) is 0 Å². The molecule has 0 N–H and O–H groups in total. The van der Waals surface area contributed by atoms with E-state index in [-0.39, 0.29) is 6.42 Å². The number of halogens is 2.